The molecular weight excluding hydrogens is 447 g/mol. The van der Waals surface area contributed by atoms with Gasteiger partial charge in [-0.1, -0.05) is 6.92 Å². The number of halogens is 1. The lowest BCUT2D eigenvalue weighted by molar-refractivity contribution is -0.120. The lowest BCUT2D eigenvalue weighted by Gasteiger charge is -2.12. The number of hydrogen-bond acceptors (Lipinski definition) is 4. The second-order valence-electron chi connectivity index (χ2n) is 5.40. The van der Waals surface area contributed by atoms with Gasteiger partial charge in [0.2, 0.25) is 5.91 Å². The van der Waals surface area contributed by atoms with Gasteiger partial charge in [0.25, 0.3) is 0 Å². The van der Waals surface area contributed by atoms with Crippen LogP contribution in [-0.4, -0.2) is 45.7 Å². The Morgan fingerprint density at radius 2 is 1.85 bits per heavy atom. The van der Waals surface area contributed by atoms with Crippen molar-refractivity contribution in [2.45, 2.75) is 33.2 Å². The van der Waals surface area contributed by atoms with Crippen molar-refractivity contribution in [3.05, 3.63) is 23.8 Å². The van der Waals surface area contributed by atoms with Gasteiger partial charge < -0.3 is 25.4 Å². The maximum absolute atomic E-state index is 11.6. The van der Waals surface area contributed by atoms with Crippen LogP contribution in [0.1, 0.15) is 32.3 Å². The van der Waals surface area contributed by atoms with E-state index in [0.29, 0.717) is 32.0 Å². The summed E-state index contributed by atoms with van der Waals surface area (Å²) in [6.07, 6.45) is 1.35. The van der Waals surface area contributed by atoms with Crippen LogP contribution in [0.5, 0.6) is 11.5 Å². The van der Waals surface area contributed by atoms with E-state index >= 15 is 0 Å². The van der Waals surface area contributed by atoms with Crippen LogP contribution in [0.3, 0.4) is 0 Å². The molecule has 8 heteroatoms. The van der Waals surface area contributed by atoms with Crippen LogP contribution in [0.2, 0.25) is 0 Å². The largest absolute Gasteiger partial charge is 0.497 e. The van der Waals surface area contributed by atoms with Crippen molar-refractivity contribution in [1.82, 2.24) is 16.0 Å². The molecule has 0 aromatic heterocycles. The highest BCUT2D eigenvalue weighted by Crippen LogP contribution is 2.25. The summed E-state index contributed by atoms with van der Waals surface area (Å²) in [4.78, 5) is 16.2. The number of aliphatic imine (C=N–C) groups is 1. The van der Waals surface area contributed by atoms with Crippen molar-refractivity contribution in [2.24, 2.45) is 4.99 Å². The van der Waals surface area contributed by atoms with E-state index in [2.05, 4.69) is 20.9 Å². The van der Waals surface area contributed by atoms with Gasteiger partial charge in [-0.05, 0) is 25.5 Å². The molecule has 0 radical (unpaired) electrons. The smallest absolute Gasteiger partial charge is 0.221 e. The minimum atomic E-state index is 0. The molecule has 0 bridgehead atoms. The minimum Gasteiger partial charge on any atom is -0.497 e. The fraction of sp³-hybridized carbons (Fsp3) is 0.556. The Morgan fingerprint density at radius 3 is 2.46 bits per heavy atom. The van der Waals surface area contributed by atoms with Crippen molar-refractivity contribution < 1.29 is 14.3 Å². The average Bonchev–Trinajstić information content (AvgIpc) is 2.64. The fourth-order valence-corrected chi connectivity index (χ4v) is 2.14. The molecule has 26 heavy (non-hydrogen) atoms. The molecule has 0 unspecified atom stereocenters. The van der Waals surface area contributed by atoms with Gasteiger partial charge in [-0.2, -0.15) is 0 Å². The Hall–Kier alpha value is -1.71. The molecule has 0 aliphatic rings. The van der Waals surface area contributed by atoms with Crippen molar-refractivity contribution in [3.63, 3.8) is 0 Å². The fourth-order valence-electron chi connectivity index (χ4n) is 2.14. The van der Waals surface area contributed by atoms with E-state index in [9.17, 15) is 4.79 Å². The summed E-state index contributed by atoms with van der Waals surface area (Å²) in [7, 11) is 3.25. The number of hydrogen-bond donors (Lipinski definition) is 3. The minimum absolute atomic E-state index is 0. The molecular formula is C18H31IN4O3. The van der Waals surface area contributed by atoms with Gasteiger partial charge in [-0.15, -0.1) is 24.0 Å². The van der Waals surface area contributed by atoms with Crippen molar-refractivity contribution in [3.8, 4) is 11.5 Å². The molecule has 148 valence electrons. The van der Waals surface area contributed by atoms with Gasteiger partial charge >= 0.3 is 0 Å². The summed E-state index contributed by atoms with van der Waals surface area (Å²) in [5.41, 5.74) is 0.959. The molecule has 0 saturated carbocycles. The van der Waals surface area contributed by atoms with E-state index in [1.165, 1.54) is 0 Å². The highest BCUT2D eigenvalue weighted by atomic mass is 127. The summed E-state index contributed by atoms with van der Waals surface area (Å²) >= 11 is 0. The van der Waals surface area contributed by atoms with Crippen molar-refractivity contribution in [2.75, 3.05) is 33.9 Å². The zero-order valence-corrected chi connectivity index (χ0v) is 18.4. The Morgan fingerprint density at radius 1 is 1.08 bits per heavy atom. The van der Waals surface area contributed by atoms with Crippen LogP contribution in [0.4, 0.5) is 0 Å². The number of methoxy groups -OCH3 is 2. The predicted octanol–water partition coefficient (Wildman–Crippen LogP) is 2.29. The Balaban J connectivity index is 0.00000625. The Labute approximate surface area is 173 Å². The summed E-state index contributed by atoms with van der Waals surface area (Å²) in [6.45, 7) is 6.48. The highest BCUT2D eigenvalue weighted by molar-refractivity contribution is 14.0. The van der Waals surface area contributed by atoms with E-state index in [-0.39, 0.29) is 29.9 Å². The second-order valence-corrected chi connectivity index (χ2v) is 5.40. The van der Waals surface area contributed by atoms with Gasteiger partial charge in [0.05, 0.1) is 20.8 Å². The van der Waals surface area contributed by atoms with Crippen LogP contribution in [0.25, 0.3) is 0 Å². The zero-order chi connectivity index (χ0) is 18.5. The number of guanidine groups is 1. The van der Waals surface area contributed by atoms with Crippen LogP contribution < -0.4 is 25.4 Å². The maximum Gasteiger partial charge on any atom is 0.221 e. The molecule has 0 heterocycles. The lowest BCUT2D eigenvalue weighted by Crippen LogP contribution is -2.39. The molecule has 1 rings (SSSR count). The standard InChI is InChI=1S/C18H30N4O3.HI/c1-5-10-20-17(23)9-11-21-18(19-6-2)22-13-14-7-8-15(24-3)12-16(14)25-4;/h7-8,12H,5-6,9-11,13H2,1-4H3,(H,20,23)(H2,19,21,22);1H. The predicted molar refractivity (Wildman–Crippen MR) is 116 cm³/mol. The first kappa shape index (κ1) is 24.3. The Bertz CT molecular complexity index is 567. The molecule has 3 N–H and O–H groups in total. The third kappa shape index (κ3) is 9.12. The number of carbonyl (C=O) groups is 1. The molecule has 1 aromatic rings. The third-order valence-electron chi connectivity index (χ3n) is 3.46. The number of rotatable bonds is 10. The number of amides is 1. The van der Waals surface area contributed by atoms with E-state index in [1.54, 1.807) is 14.2 Å². The van der Waals surface area contributed by atoms with Crippen molar-refractivity contribution in [1.29, 1.82) is 0 Å². The van der Waals surface area contributed by atoms with Gasteiger partial charge in [0, 0.05) is 37.7 Å². The molecule has 0 aliphatic heterocycles. The van der Waals surface area contributed by atoms with E-state index in [4.69, 9.17) is 9.47 Å². The number of nitrogens with zero attached hydrogens (tertiary/aromatic N) is 1. The first-order valence-electron chi connectivity index (χ1n) is 8.64. The molecule has 1 amide bonds. The molecule has 0 fully saturated rings. The first-order valence-corrected chi connectivity index (χ1v) is 8.64. The summed E-state index contributed by atoms with van der Waals surface area (Å²) < 4.78 is 10.6. The van der Waals surface area contributed by atoms with Crippen LogP contribution >= 0.6 is 24.0 Å². The van der Waals surface area contributed by atoms with Crippen molar-refractivity contribution >= 4 is 35.8 Å². The number of nitrogens with one attached hydrogen (secondary N) is 3. The van der Waals surface area contributed by atoms with E-state index in [0.717, 1.165) is 30.0 Å². The summed E-state index contributed by atoms with van der Waals surface area (Å²) in [5.74, 6) is 2.19. The van der Waals surface area contributed by atoms with Gasteiger partial charge in [0.1, 0.15) is 11.5 Å². The lowest BCUT2D eigenvalue weighted by atomic mass is 10.2. The van der Waals surface area contributed by atoms with E-state index in [1.807, 2.05) is 32.0 Å². The van der Waals surface area contributed by atoms with Crippen LogP contribution in [-0.2, 0) is 11.3 Å². The quantitative estimate of drug-likeness (QED) is 0.273. The normalized spacial score (nSPS) is 10.5. The van der Waals surface area contributed by atoms with Gasteiger partial charge in [-0.25, -0.2) is 4.99 Å². The van der Waals surface area contributed by atoms with Gasteiger partial charge in [-0.3, -0.25) is 4.79 Å². The molecule has 0 saturated heterocycles. The first-order chi connectivity index (χ1) is 12.1. The molecule has 1 aromatic carbocycles. The Kier molecular flexibility index (Phi) is 13.5. The molecule has 0 atom stereocenters. The molecule has 0 spiro atoms. The maximum atomic E-state index is 11.6. The van der Waals surface area contributed by atoms with Crippen LogP contribution in [0, 0.1) is 0 Å². The summed E-state index contributed by atoms with van der Waals surface area (Å²) in [5, 5.41) is 9.20. The van der Waals surface area contributed by atoms with Gasteiger partial charge in [0.15, 0.2) is 5.96 Å². The number of benzene rings is 1. The topological polar surface area (TPSA) is 84.0 Å². The van der Waals surface area contributed by atoms with Crippen LogP contribution in [0.15, 0.2) is 23.2 Å². The number of ether oxygens (including phenoxy) is 2. The molecule has 7 nitrogen and oxygen atoms in total. The van der Waals surface area contributed by atoms with E-state index < -0.39 is 0 Å². The second kappa shape index (κ2) is 14.5. The molecule has 0 aliphatic carbocycles. The number of carbonyl (C=O) groups excluding carboxylic acids is 1. The monoisotopic (exact) mass is 478 g/mol. The average molecular weight is 478 g/mol. The zero-order valence-electron chi connectivity index (χ0n) is 16.1. The summed E-state index contributed by atoms with van der Waals surface area (Å²) in [6, 6.07) is 5.65. The third-order valence-corrected chi connectivity index (χ3v) is 3.46. The highest BCUT2D eigenvalue weighted by Gasteiger charge is 2.06. The SMILES string of the molecule is CCCNC(=O)CCNC(=NCc1ccc(OC)cc1OC)NCC.I.